The lowest BCUT2D eigenvalue weighted by molar-refractivity contribution is -0.143. The molecular formula is C15H17NO5. The van der Waals surface area contributed by atoms with Gasteiger partial charge >= 0.3 is 5.97 Å². The Kier molecular flexibility index (Phi) is 4.06. The van der Waals surface area contributed by atoms with E-state index in [1.165, 1.54) is 0 Å². The molecule has 0 radical (unpaired) electrons. The molecular weight excluding hydrogens is 274 g/mol. The second kappa shape index (κ2) is 6.13. The Morgan fingerprint density at radius 1 is 1.33 bits per heavy atom. The van der Waals surface area contributed by atoms with E-state index in [4.69, 9.17) is 18.8 Å². The van der Waals surface area contributed by atoms with Crippen molar-refractivity contribution in [3.05, 3.63) is 30.2 Å². The zero-order valence-electron chi connectivity index (χ0n) is 11.5. The number of hydrogen-bond acceptors (Lipinski definition) is 5. The average molecular weight is 291 g/mol. The van der Waals surface area contributed by atoms with Crippen LogP contribution in [0, 0.1) is 5.92 Å². The predicted molar refractivity (Wildman–Crippen MR) is 72.4 cm³/mol. The molecule has 2 aromatic heterocycles. The van der Waals surface area contributed by atoms with E-state index in [1.54, 1.807) is 24.5 Å². The van der Waals surface area contributed by atoms with Gasteiger partial charge in [-0.2, -0.15) is 0 Å². The van der Waals surface area contributed by atoms with Crippen LogP contribution in [0.1, 0.15) is 31.4 Å². The summed E-state index contributed by atoms with van der Waals surface area (Å²) >= 11 is 0. The third-order valence-corrected chi connectivity index (χ3v) is 3.81. The molecule has 0 unspecified atom stereocenters. The van der Waals surface area contributed by atoms with Crippen molar-refractivity contribution in [2.45, 2.75) is 38.4 Å². The predicted octanol–water partition coefficient (Wildman–Crippen LogP) is 3.09. The van der Waals surface area contributed by atoms with Gasteiger partial charge in [-0.15, -0.1) is 0 Å². The molecule has 1 aliphatic carbocycles. The SMILES string of the molecule is O=C(O)C1CCC(OCc2cc(-c3ccco3)on2)CC1. The fourth-order valence-corrected chi connectivity index (χ4v) is 2.59. The van der Waals surface area contributed by atoms with Crippen LogP contribution in [0.25, 0.3) is 11.5 Å². The van der Waals surface area contributed by atoms with E-state index in [9.17, 15) is 4.79 Å². The van der Waals surface area contributed by atoms with Crippen molar-refractivity contribution in [3.8, 4) is 11.5 Å². The largest absolute Gasteiger partial charge is 0.481 e. The number of aliphatic carboxylic acids is 1. The van der Waals surface area contributed by atoms with Crippen LogP contribution in [0.3, 0.4) is 0 Å². The Hall–Kier alpha value is -2.08. The number of hydrogen-bond donors (Lipinski definition) is 1. The monoisotopic (exact) mass is 291 g/mol. The summed E-state index contributed by atoms with van der Waals surface area (Å²) in [6.45, 7) is 0.368. The first-order chi connectivity index (χ1) is 10.2. The number of carbonyl (C=O) groups is 1. The van der Waals surface area contributed by atoms with Gasteiger partial charge in [-0.25, -0.2) is 0 Å². The van der Waals surface area contributed by atoms with Crippen LogP contribution in [0.4, 0.5) is 0 Å². The number of nitrogens with zero attached hydrogens (tertiary/aromatic N) is 1. The van der Waals surface area contributed by atoms with Gasteiger partial charge in [-0.05, 0) is 37.8 Å². The normalized spacial score (nSPS) is 22.3. The van der Waals surface area contributed by atoms with Crippen LogP contribution in [-0.2, 0) is 16.1 Å². The van der Waals surface area contributed by atoms with Gasteiger partial charge < -0.3 is 18.8 Å². The highest BCUT2D eigenvalue weighted by Gasteiger charge is 2.26. The summed E-state index contributed by atoms with van der Waals surface area (Å²) < 4.78 is 16.2. The highest BCUT2D eigenvalue weighted by molar-refractivity contribution is 5.70. The van der Waals surface area contributed by atoms with Gasteiger partial charge in [0.05, 0.1) is 24.9 Å². The Morgan fingerprint density at radius 3 is 2.81 bits per heavy atom. The smallest absolute Gasteiger partial charge is 0.306 e. The number of furan rings is 1. The van der Waals surface area contributed by atoms with E-state index in [0.717, 1.165) is 12.8 Å². The summed E-state index contributed by atoms with van der Waals surface area (Å²) in [5, 5.41) is 12.9. The Balaban J connectivity index is 1.49. The Morgan fingerprint density at radius 2 is 2.14 bits per heavy atom. The second-order valence-electron chi connectivity index (χ2n) is 5.28. The summed E-state index contributed by atoms with van der Waals surface area (Å²) in [6, 6.07) is 5.38. The molecule has 0 aromatic carbocycles. The van der Waals surface area contributed by atoms with Crippen molar-refractivity contribution in [1.82, 2.24) is 5.16 Å². The maximum Gasteiger partial charge on any atom is 0.306 e. The highest BCUT2D eigenvalue weighted by Crippen LogP contribution is 2.27. The molecule has 0 bridgehead atoms. The second-order valence-corrected chi connectivity index (χ2v) is 5.28. The summed E-state index contributed by atoms with van der Waals surface area (Å²) in [5.41, 5.74) is 0.710. The fraction of sp³-hybridized carbons (Fsp3) is 0.467. The molecule has 1 aliphatic rings. The molecule has 21 heavy (non-hydrogen) atoms. The van der Waals surface area contributed by atoms with Gasteiger partial charge in [-0.3, -0.25) is 4.79 Å². The van der Waals surface area contributed by atoms with Gasteiger partial charge in [0, 0.05) is 6.07 Å². The molecule has 0 atom stereocenters. The van der Waals surface area contributed by atoms with Crippen LogP contribution < -0.4 is 0 Å². The average Bonchev–Trinajstić information content (AvgIpc) is 3.16. The number of rotatable bonds is 5. The van der Waals surface area contributed by atoms with Crippen molar-refractivity contribution in [3.63, 3.8) is 0 Å². The van der Waals surface area contributed by atoms with Gasteiger partial charge in [0.15, 0.2) is 5.76 Å². The van der Waals surface area contributed by atoms with E-state index in [2.05, 4.69) is 5.16 Å². The molecule has 1 N–H and O–H groups in total. The zero-order valence-corrected chi connectivity index (χ0v) is 11.5. The summed E-state index contributed by atoms with van der Waals surface area (Å²) in [5.74, 6) is 0.291. The first-order valence-electron chi connectivity index (χ1n) is 7.06. The number of carboxylic acid groups (broad SMARTS) is 1. The molecule has 1 fully saturated rings. The van der Waals surface area contributed by atoms with Crippen LogP contribution in [0.2, 0.25) is 0 Å². The molecule has 0 spiro atoms. The molecule has 0 amide bonds. The lowest BCUT2D eigenvalue weighted by atomic mass is 9.87. The Bertz CT molecular complexity index is 581. The fourth-order valence-electron chi connectivity index (χ4n) is 2.59. The summed E-state index contributed by atoms with van der Waals surface area (Å²) in [7, 11) is 0. The molecule has 6 heteroatoms. The first kappa shape index (κ1) is 13.9. The molecule has 1 saturated carbocycles. The topological polar surface area (TPSA) is 85.7 Å². The molecule has 2 aromatic rings. The van der Waals surface area contributed by atoms with E-state index >= 15 is 0 Å². The van der Waals surface area contributed by atoms with Crippen molar-refractivity contribution in [2.24, 2.45) is 5.92 Å². The van der Waals surface area contributed by atoms with Crippen LogP contribution in [0.15, 0.2) is 33.4 Å². The summed E-state index contributed by atoms with van der Waals surface area (Å²) in [4.78, 5) is 10.9. The third kappa shape index (κ3) is 3.33. The lowest BCUT2D eigenvalue weighted by Crippen LogP contribution is -2.25. The molecule has 0 aliphatic heterocycles. The van der Waals surface area contributed by atoms with Crippen LogP contribution in [-0.4, -0.2) is 22.3 Å². The van der Waals surface area contributed by atoms with Gasteiger partial charge in [0.25, 0.3) is 0 Å². The maximum atomic E-state index is 10.9. The molecule has 6 nitrogen and oxygen atoms in total. The maximum absolute atomic E-state index is 10.9. The van der Waals surface area contributed by atoms with E-state index in [-0.39, 0.29) is 12.0 Å². The standard InChI is InChI=1S/C15H17NO5/c17-15(18)10-3-5-12(6-4-10)20-9-11-8-14(21-16-11)13-2-1-7-19-13/h1-2,7-8,10,12H,3-6,9H2,(H,17,18). The van der Waals surface area contributed by atoms with E-state index in [1.807, 2.05) is 0 Å². The van der Waals surface area contributed by atoms with Crippen molar-refractivity contribution >= 4 is 5.97 Å². The molecule has 0 saturated heterocycles. The molecule has 112 valence electrons. The minimum absolute atomic E-state index is 0.101. The minimum atomic E-state index is -0.701. The zero-order chi connectivity index (χ0) is 14.7. The Labute approximate surface area is 121 Å². The van der Waals surface area contributed by atoms with Gasteiger partial charge in [-0.1, -0.05) is 5.16 Å². The van der Waals surface area contributed by atoms with Crippen LogP contribution >= 0.6 is 0 Å². The lowest BCUT2D eigenvalue weighted by Gasteiger charge is -2.25. The third-order valence-electron chi connectivity index (χ3n) is 3.81. The molecule has 3 rings (SSSR count). The number of aromatic nitrogens is 1. The van der Waals surface area contributed by atoms with Crippen molar-refractivity contribution in [1.29, 1.82) is 0 Å². The highest BCUT2D eigenvalue weighted by atomic mass is 16.5. The first-order valence-corrected chi connectivity index (χ1v) is 7.06. The quantitative estimate of drug-likeness (QED) is 0.911. The van der Waals surface area contributed by atoms with Crippen molar-refractivity contribution < 1.29 is 23.6 Å². The van der Waals surface area contributed by atoms with E-state index in [0.29, 0.717) is 36.7 Å². The number of ether oxygens (including phenoxy) is 1. The number of carboxylic acids is 1. The molecule has 2 heterocycles. The van der Waals surface area contributed by atoms with E-state index < -0.39 is 5.97 Å². The van der Waals surface area contributed by atoms with Crippen LogP contribution in [0.5, 0.6) is 0 Å². The minimum Gasteiger partial charge on any atom is -0.481 e. The van der Waals surface area contributed by atoms with Gasteiger partial charge in [0.2, 0.25) is 5.76 Å². The van der Waals surface area contributed by atoms with Gasteiger partial charge in [0.1, 0.15) is 5.69 Å². The van der Waals surface area contributed by atoms with Crippen molar-refractivity contribution in [2.75, 3.05) is 0 Å². The summed E-state index contributed by atoms with van der Waals surface area (Å²) in [6.07, 6.45) is 4.59.